The molecule has 0 aromatic carbocycles. The summed E-state index contributed by atoms with van der Waals surface area (Å²) >= 11 is 0. The van der Waals surface area contributed by atoms with Crippen LogP contribution in [0.5, 0.6) is 0 Å². The first-order valence-corrected chi connectivity index (χ1v) is 7.36. The molecule has 0 amide bonds. The average molecular weight is 224 g/mol. The molecule has 2 N–H and O–H groups in total. The van der Waals surface area contributed by atoms with Gasteiger partial charge in [0.15, 0.2) is 0 Å². The van der Waals surface area contributed by atoms with Crippen molar-refractivity contribution in [3.05, 3.63) is 0 Å². The van der Waals surface area contributed by atoms with Gasteiger partial charge in [-0.2, -0.15) is 0 Å². The van der Waals surface area contributed by atoms with Crippen molar-refractivity contribution in [3.63, 3.8) is 0 Å². The Morgan fingerprint density at radius 1 is 0.875 bits per heavy atom. The Kier molecular flexibility index (Phi) is 5.11. The number of hydrogen-bond donors (Lipinski definition) is 1. The molecule has 1 saturated carbocycles. The molecular formula is C14H28N2. The Labute approximate surface area is 101 Å². The summed E-state index contributed by atoms with van der Waals surface area (Å²) < 4.78 is 0. The van der Waals surface area contributed by atoms with Gasteiger partial charge in [0.05, 0.1) is 0 Å². The molecule has 0 radical (unpaired) electrons. The Balaban J connectivity index is 1.90. The Morgan fingerprint density at radius 3 is 2.00 bits per heavy atom. The summed E-state index contributed by atoms with van der Waals surface area (Å²) in [7, 11) is 0. The third-order valence-corrected chi connectivity index (χ3v) is 4.55. The predicted octanol–water partition coefficient (Wildman–Crippen LogP) is 2.77. The van der Waals surface area contributed by atoms with Crippen molar-refractivity contribution >= 4 is 0 Å². The van der Waals surface area contributed by atoms with E-state index in [-0.39, 0.29) is 0 Å². The molecule has 1 heterocycles. The van der Waals surface area contributed by atoms with Gasteiger partial charge in [-0.15, -0.1) is 0 Å². The molecule has 0 spiro atoms. The highest BCUT2D eigenvalue weighted by Crippen LogP contribution is 2.29. The fourth-order valence-electron chi connectivity index (χ4n) is 3.59. The summed E-state index contributed by atoms with van der Waals surface area (Å²) in [4.78, 5) is 2.69. The molecule has 0 aromatic heterocycles. The number of rotatable bonds is 3. The van der Waals surface area contributed by atoms with Crippen LogP contribution in [0.3, 0.4) is 0 Å². The lowest BCUT2D eigenvalue weighted by Crippen LogP contribution is -2.47. The van der Waals surface area contributed by atoms with E-state index in [2.05, 4.69) is 4.90 Å². The van der Waals surface area contributed by atoms with E-state index in [9.17, 15) is 0 Å². The summed E-state index contributed by atoms with van der Waals surface area (Å²) in [6.07, 6.45) is 12.9. The number of nitrogens with two attached hydrogens (primary N) is 1. The molecule has 1 aliphatic heterocycles. The van der Waals surface area contributed by atoms with Gasteiger partial charge in [0.25, 0.3) is 0 Å². The average Bonchev–Trinajstić information content (AvgIpc) is 2.61. The molecule has 0 bridgehead atoms. The van der Waals surface area contributed by atoms with E-state index in [0.29, 0.717) is 6.04 Å². The number of hydrogen-bond acceptors (Lipinski definition) is 2. The van der Waals surface area contributed by atoms with Gasteiger partial charge >= 0.3 is 0 Å². The molecule has 1 atom stereocenters. The van der Waals surface area contributed by atoms with Crippen LogP contribution in [0, 0.1) is 5.92 Å². The van der Waals surface area contributed by atoms with E-state index in [1.165, 1.54) is 70.9 Å². The van der Waals surface area contributed by atoms with Gasteiger partial charge in [-0.05, 0) is 44.7 Å². The SMILES string of the molecule is NCC(C1CCCCCC1)N1CCCCC1. The fourth-order valence-corrected chi connectivity index (χ4v) is 3.59. The molecule has 1 aliphatic carbocycles. The van der Waals surface area contributed by atoms with Crippen LogP contribution >= 0.6 is 0 Å². The lowest BCUT2D eigenvalue weighted by molar-refractivity contribution is 0.113. The monoisotopic (exact) mass is 224 g/mol. The van der Waals surface area contributed by atoms with E-state index in [1.807, 2.05) is 0 Å². The van der Waals surface area contributed by atoms with Crippen LogP contribution in [0.4, 0.5) is 0 Å². The minimum Gasteiger partial charge on any atom is -0.329 e. The second-order valence-corrected chi connectivity index (χ2v) is 5.65. The fraction of sp³-hybridized carbons (Fsp3) is 1.00. The second kappa shape index (κ2) is 6.61. The van der Waals surface area contributed by atoms with E-state index in [4.69, 9.17) is 5.73 Å². The van der Waals surface area contributed by atoms with Crippen molar-refractivity contribution in [2.75, 3.05) is 19.6 Å². The van der Waals surface area contributed by atoms with Crippen LogP contribution in [-0.4, -0.2) is 30.6 Å². The first-order valence-electron chi connectivity index (χ1n) is 7.36. The van der Waals surface area contributed by atoms with E-state index in [1.54, 1.807) is 0 Å². The Hall–Kier alpha value is -0.0800. The highest BCUT2D eigenvalue weighted by atomic mass is 15.2. The van der Waals surface area contributed by atoms with E-state index >= 15 is 0 Å². The van der Waals surface area contributed by atoms with Gasteiger partial charge in [0.2, 0.25) is 0 Å². The zero-order chi connectivity index (χ0) is 11.2. The van der Waals surface area contributed by atoms with Crippen LogP contribution in [0.1, 0.15) is 57.8 Å². The number of piperidine rings is 1. The molecule has 2 nitrogen and oxygen atoms in total. The molecule has 1 unspecified atom stereocenters. The van der Waals surface area contributed by atoms with Crippen molar-refractivity contribution < 1.29 is 0 Å². The third kappa shape index (κ3) is 3.21. The Bertz CT molecular complexity index is 179. The van der Waals surface area contributed by atoms with Crippen molar-refractivity contribution in [1.29, 1.82) is 0 Å². The molecule has 2 heteroatoms. The number of nitrogens with zero attached hydrogens (tertiary/aromatic N) is 1. The number of likely N-dealkylation sites (tertiary alicyclic amines) is 1. The third-order valence-electron chi connectivity index (χ3n) is 4.55. The smallest absolute Gasteiger partial charge is 0.0246 e. The molecule has 94 valence electrons. The molecule has 0 aromatic rings. The Morgan fingerprint density at radius 2 is 1.44 bits per heavy atom. The molecule has 2 fully saturated rings. The van der Waals surface area contributed by atoms with Crippen molar-refractivity contribution in [2.24, 2.45) is 11.7 Å². The quantitative estimate of drug-likeness (QED) is 0.747. The largest absolute Gasteiger partial charge is 0.329 e. The van der Waals surface area contributed by atoms with Gasteiger partial charge in [0.1, 0.15) is 0 Å². The predicted molar refractivity (Wildman–Crippen MR) is 69.5 cm³/mol. The standard InChI is InChI=1S/C14H28N2/c15-12-14(16-10-6-3-7-11-16)13-8-4-1-2-5-9-13/h13-14H,1-12,15H2. The van der Waals surface area contributed by atoms with Crippen LogP contribution in [-0.2, 0) is 0 Å². The first kappa shape index (κ1) is 12.4. The summed E-state index contributed by atoms with van der Waals surface area (Å²) in [6, 6.07) is 0.693. The maximum absolute atomic E-state index is 6.04. The summed E-state index contributed by atoms with van der Waals surface area (Å²) in [6.45, 7) is 3.49. The van der Waals surface area contributed by atoms with Crippen LogP contribution < -0.4 is 5.73 Å². The molecule has 2 aliphatic rings. The van der Waals surface area contributed by atoms with Gasteiger partial charge in [0, 0.05) is 12.6 Å². The van der Waals surface area contributed by atoms with Gasteiger partial charge < -0.3 is 5.73 Å². The van der Waals surface area contributed by atoms with Crippen molar-refractivity contribution in [1.82, 2.24) is 4.90 Å². The maximum atomic E-state index is 6.04. The topological polar surface area (TPSA) is 29.3 Å². The van der Waals surface area contributed by atoms with Crippen LogP contribution in [0.2, 0.25) is 0 Å². The van der Waals surface area contributed by atoms with Crippen LogP contribution in [0.15, 0.2) is 0 Å². The molecule has 2 rings (SSSR count). The van der Waals surface area contributed by atoms with Crippen molar-refractivity contribution in [2.45, 2.75) is 63.8 Å². The highest BCUT2D eigenvalue weighted by molar-refractivity contribution is 4.83. The maximum Gasteiger partial charge on any atom is 0.0246 e. The van der Waals surface area contributed by atoms with E-state index in [0.717, 1.165) is 12.5 Å². The van der Waals surface area contributed by atoms with Gasteiger partial charge in [-0.3, -0.25) is 4.90 Å². The lowest BCUT2D eigenvalue weighted by Gasteiger charge is -2.38. The highest BCUT2D eigenvalue weighted by Gasteiger charge is 2.27. The second-order valence-electron chi connectivity index (χ2n) is 5.65. The molecule has 1 saturated heterocycles. The van der Waals surface area contributed by atoms with Gasteiger partial charge in [-0.1, -0.05) is 32.1 Å². The van der Waals surface area contributed by atoms with E-state index < -0.39 is 0 Å². The lowest BCUT2D eigenvalue weighted by atomic mass is 9.89. The normalized spacial score (nSPS) is 27.6. The van der Waals surface area contributed by atoms with Crippen LogP contribution in [0.25, 0.3) is 0 Å². The van der Waals surface area contributed by atoms with Gasteiger partial charge in [-0.25, -0.2) is 0 Å². The van der Waals surface area contributed by atoms with Crippen molar-refractivity contribution in [3.8, 4) is 0 Å². The minimum absolute atomic E-state index is 0.693. The summed E-state index contributed by atoms with van der Waals surface area (Å²) in [5, 5.41) is 0. The minimum atomic E-state index is 0.693. The summed E-state index contributed by atoms with van der Waals surface area (Å²) in [5.41, 5.74) is 6.04. The first-order chi connectivity index (χ1) is 7.92. The molecular weight excluding hydrogens is 196 g/mol. The summed E-state index contributed by atoms with van der Waals surface area (Å²) in [5.74, 6) is 0.894. The zero-order valence-electron chi connectivity index (χ0n) is 10.7. The zero-order valence-corrected chi connectivity index (χ0v) is 10.7. The molecule has 16 heavy (non-hydrogen) atoms.